The molecule has 1 heterocycles. The van der Waals surface area contributed by atoms with Gasteiger partial charge in [0.15, 0.2) is 0 Å². The van der Waals surface area contributed by atoms with E-state index in [9.17, 15) is 8.42 Å². The van der Waals surface area contributed by atoms with Crippen molar-refractivity contribution in [2.24, 2.45) is 0 Å². The first kappa shape index (κ1) is 14.0. The number of hydrogen-bond donors (Lipinski definition) is 3. The number of hydrogen-bond acceptors (Lipinski definition) is 4. The molecule has 0 unspecified atom stereocenters. The summed E-state index contributed by atoms with van der Waals surface area (Å²) in [6.45, 7) is 1.82. The Morgan fingerprint density at radius 3 is 2.84 bits per heavy atom. The van der Waals surface area contributed by atoms with Crippen LogP contribution >= 0.6 is 15.9 Å². The first-order valence-corrected chi connectivity index (χ1v) is 7.71. The number of aromatic nitrogens is 2. The lowest BCUT2D eigenvalue weighted by Gasteiger charge is -2.10. The first-order valence-electron chi connectivity index (χ1n) is 5.43. The predicted octanol–water partition coefficient (Wildman–Crippen LogP) is 1.54. The lowest BCUT2D eigenvalue weighted by atomic mass is 10.2. The number of sulfonamides is 1. The molecule has 1 aromatic heterocycles. The van der Waals surface area contributed by atoms with E-state index in [1.165, 1.54) is 6.07 Å². The topological polar surface area (TPSA) is 101 Å². The van der Waals surface area contributed by atoms with Crippen LogP contribution in [0.4, 0.5) is 5.69 Å². The van der Waals surface area contributed by atoms with Crippen LogP contribution in [0.15, 0.2) is 33.9 Å². The maximum absolute atomic E-state index is 12.2. The van der Waals surface area contributed by atoms with Crippen LogP contribution in [0.3, 0.4) is 0 Å². The molecular weight excluding hydrogens is 332 g/mol. The van der Waals surface area contributed by atoms with Crippen molar-refractivity contribution in [2.45, 2.75) is 18.4 Å². The Bertz CT molecular complexity index is 683. The van der Waals surface area contributed by atoms with E-state index >= 15 is 0 Å². The lowest BCUT2D eigenvalue weighted by molar-refractivity contribution is 0.579. The number of H-pyrrole nitrogens is 1. The van der Waals surface area contributed by atoms with E-state index in [1.807, 2.05) is 0 Å². The van der Waals surface area contributed by atoms with Gasteiger partial charge in [0.1, 0.15) is 5.82 Å². The third kappa shape index (κ3) is 3.14. The number of halogens is 1. The fraction of sp³-hybridized carbons (Fsp3) is 0.182. The summed E-state index contributed by atoms with van der Waals surface area (Å²) in [6.07, 6.45) is 3.19. The fourth-order valence-electron chi connectivity index (χ4n) is 1.59. The molecule has 0 aliphatic rings. The van der Waals surface area contributed by atoms with E-state index in [4.69, 9.17) is 5.73 Å². The molecule has 4 N–H and O–H groups in total. The van der Waals surface area contributed by atoms with Gasteiger partial charge in [-0.3, -0.25) is 0 Å². The van der Waals surface area contributed by atoms with Gasteiger partial charge in [-0.2, -0.15) is 0 Å². The summed E-state index contributed by atoms with van der Waals surface area (Å²) in [5.74, 6) is 0.548. The third-order valence-corrected chi connectivity index (χ3v) is 4.80. The number of aryl methyl sites for hydroxylation is 1. The second-order valence-electron chi connectivity index (χ2n) is 4.00. The minimum atomic E-state index is -3.62. The maximum Gasteiger partial charge on any atom is 0.241 e. The summed E-state index contributed by atoms with van der Waals surface area (Å²) in [4.78, 5) is 6.94. The molecule has 0 spiro atoms. The van der Waals surface area contributed by atoms with Crippen LogP contribution in [0, 0.1) is 6.92 Å². The molecule has 0 atom stereocenters. The molecule has 0 saturated heterocycles. The monoisotopic (exact) mass is 344 g/mol. The quantitative estimate of drug-likeness (QED) is 0.732. The zero-order valence-electron chi connectivity index (χ0n) is 10.1. The van der Waals surface area contributed by atoms with Crippen molar-refractivity contribution < 1.29 is 8.42 Å². The van der Waals surface area contributed by atoms with E-state index in [0.29, 0.717) is 21.5 Å². The fourth-order valence-corrected chi connectivity index (χ4v) is 3.30. The molecule has 8 heteroatoms. The maximum atomic E-state index is 12.2. The highest BCUT2D eigenvalue weighted by Gasteiger charge is 2.18. The molecule has 0 aliphatic heterocycles. The summed E-state index contributed by atoms with van der Waals surface area (Å²) < 4.78 is 27.5. The van der Waals surface area contributed by atoms with Crippen molar-refractivity contribution in [1.29, 1.82) is 0 Å². The third-order valence-electron chi connectivity index (χ3n) is 2.57. The van der Waals surface area contributed by atoms with Crippen LogP contribution in [0.25, 0.3) is 0 Å². The van der Waals surface area contributed by atoms with E-state index < -0.39 is 10.0 Å². The molecule has 0 bridgehead atoms. The molecule has 2 rings (SSSR count). The van der Waals surface area contributed by atoms with Crippen molar-refractivity contribution in [3.8, 4) is 0 Å². The number of nitrogens with two attached hydrogens (primary N) is 1. The molecule has 0 radical (unpaired) electrons. The standard InChI is InChI=1S/C11H13BrN4O2S/c1-7-4-8(12)9(13)5-10(7)19(17,18)16-6-11-14-2-3-15-11/h2-5,16H,6,13H2,1H3,(H,14,15). The van der Waals surface area contributed by atoms with Gasteiger partial charge in [0, 0.05) is 22.6 Å². The molecule has 6 nitrogen and oxygen atoms in total. The Kier molecular flexibility index (Phi) is 3.93. The highest BCUT2D eigenvalue weighted by molar-refractivity contribution is 9.10. The minimum Gasteiger partial charge on any atom is -0.398 e. The molecule has 102 valence electrons. The zero-order valence-corrected chi connectivity index (χ0v) is 12.5. The predicted molar refractivity (Wildman–Crippen MR) is 75.9 cm³/mol. The number of nitrogens with zero attached hydrogens (tertiary/aromatic N) is 1. The summed E-state index contributed by atoms with van der Waals surface area (Å²) in [5, 5.41) is 0. The SMILES string of the molecule is Cc1cc(Br)c(N)cc1S(=O)(=O)NCc1ncc[nH]1. The number of imidazole rings is 1. The summed E-state index contributed by atoms with van der Waals surface area (Å²) in [7, 11) is -3.62. The average molecular weight is 345 g/mol. The highest BCUT2D eigenvalue weighted by Crippen LogP contribution is 2.26. The second-order valence-corrected chi connectivity index (χ2v) is 6.59. The lowest BCUT2D eigenvalue weighted by Crippen LogP contribution is -2.24. The van der Waals surface area contributed by atoms with E-state index in [2.05, 4.69) is 30.6 Å². The molecule has 19 heavy (non-hydrogen) atoms. The Morgan fingerprint density at radius 2 is 2.21 bits per heavy atom. The van der Waals surface area contributed by atoms with Crippen molar-refractivity contribution >= 4 is 31.6 Å². The number of nitrogen functional groups attached to an aromatic ring is 1. The van der Waals surface area contributed by atoms with Crippen molar-refractivity contribution in [1.82, 2.24) is 14.7 Å². The van der Waals surface area contributed by atoms with Crippen LogP contribution in [0.1, 0.15) is 11.4 Å². The van der Waals surface area contributed by atoms with E-state index in [0.717, 1.165) is 0 Å². The molecular formula is C11H13BrN4O2S. The largest absolute Gasteiger partial charge is 0.398 e. The Morgan fingerprint density at radius 1 is 1.47 bits per heavy atom. The Labute approximate surface area is 119 Å². The number of rotatable bonds is 4. The van der Waals surface area contributed by atoms with Crippen LogP contribution < -0.4 is 10.5 Å². The molecule has 2 aromatic rings. The van der Waals surface area contributed by atoms with Gasteiger partial charge in [0.2, 0.25) is 10.0 Å². The van der Waals surface area contributed by atoms with Crippen LogP contribution in [-0.2, 0) is 16.6 Å². The van der Waals surface area contributed by atoms with Gasteiger partial charge >= 0.3 is 0 Å². The van der Waals surface area contributed by atoms with Gasteiger partial charge in [-0.15, -0.1) is 0 Å². The van der Waals surface area contributed by atoms with Gasteiger partial charge in [0.05, 0.1) is 11.4 Å². The van der Waals surface area contributed by atoms with Crippen molar-refractivity contribution in [3.63, 3.8) is 0 Å². The smallest absolute Gasteiger partial charge is 0.241 e. The Hall–Kier alpha value is -1.38. The average Bonchev–Trinajstić information content (AvgIpc) is 2.84. The summed E-state index contributed by atoms with van der Waals surface area (Å²) >= 11 is 3.26. The number of aromatic amines is 1. The summed E-state index contributed by atoms with van der Waals surface area (Å²) in [6, 6.07) is 3.11. The van der Waals surface area contributed by atoms with Gasteiger partial charge in [0.25, 0.3) is 0 Å². The van der Waals surface area contributed by atoms with Gasteiger partial charge in [-0.25, -0.2) is 18.1 Å². The molecule has 0 aliphatic carbocycles. The highest BCUT2D eigenvalue weighted by atomic mass is 79.9. The first-order chi connectivity index (χ1) is 8.90. The molecule has 0 fully saturated rings. The molecule has 0 amide bonds. The van der Waals surface area contributed by atoms with E-state index in [1.54, 1.807) is 25.4 Å². The normalized spacial score (nSPS) is 11.7. The number of nitrogens with one attached hydrogen (secondary N) is 2. The van der Waals surface area contributed by atoms with Crippen molar-refractivity contribution in [3.05, 3.63) is 40.4 Å². The molecule has 1 aromatic carbocycles. The second kappa shape index (κ2) is 5.32. The molecule has 0 saturated carbocycles. The van der Waals surface area contributed by atoms with Crippen LogP contribution in [0.2, 0.25) is 0 Å². The van der Waals surface area contributed by atoms with Gasteiger partial charge in [-0.05, 0) is 40.5 Å². The van der Waals surface area contributed by atoms with Gasteiger partial charge in [-0.1, -0.05) is 0 Å². The minimum absolute atomic E-state index is 0.102. The number of anilines is 1. The Balaban J connectivity index is 2.27. The summed E-state index contributed by atoms with van der Waals surface area (Å²) in [5.41, 5.74) is 6.72. The number of benzene rings is 1. The van der Waals surface area contributed by atoms with Crippen molar-refractivity contribution in [2.75, 3.05) is 5.73 Å². The van der Waals surface area contributed by atoms with E-state index in [-0.39, 0.29) is 11.4 Å². The van der Waals surface area contributed by atoms with Gasteiger partial charge < -0.3 is 10.7 Å². The van der Waals surface area contributed by atoms with Crippen LogP contribution in [0.5, 0.6) is 0 Å². The van der Waals surface area contributed by atoms with Crippen LogP contribution in [-0.4, -0.2) is 18.4 Å². The zero-order chi connectivity index (χ0) is 14.0.